The van der Waals surface area contributed by atoms with E-state index in [1.54, 1.807) is 13.2 Å². The maximum atomic E-state index is 11.6. The van der Waals surface area contributed by atoms with Crippen molar-refractivity contribution in [2.45, 2.75) is 13.0 Å². The molecule has 82 valence electrons. The Labute approximate surface area is 93.6 Å². The fourth-order valence-corrected chi connectivity index (χ4v) is 1.14. The lowest BCUT2D eigenvalue weighted by Crippen LogP contribution is -2.31. The van der Waals surface area contributed by atoms with E-state index in [0.29, 0.717) is 17.3 Å². The molecule has 1 rings (SSSR count). The smallest absolute Gasteiger partial charge is 0.251 e. The van der Waals surface area contributed by atoms with Crippen molar-refractivity contribution in [2.24, 2.45) is 0 Å². The highest BCUT2D eigenvalue weighted by Crippen LogP contribution is 2.06. The molecule has 15 heavy (non-hydrogen) atoms. The Balaban J connectivity index is 2.54. The molecule has 0 radical (unpaired) electrons. The van der Waals surface area contributed by atoms with Gasteiger partial charge >= 0.3 is 0 Å². The number of halogens is 1. The van der Waals surface area contributed by atoms with Crippen LogP contribution in [0, 0.1) is 0 Å². The molecule has 1 unspecified atom stereocenters. The quantitative estimate of drug-likeness (QED) is 0.795. The third-order valence-corrected chi connectivity index (χ3v) is 2.15. The maximum Gasteiger partial charge on any atom is 0.251 e. The molecule has 1 heterocycles. The van der Waals surface area contributed by atoms with Crippen molar-refractivity contribution in [3.05, 3.63) is 29.0 Å². The molecule has 1 aromatic heterocycles. The summed E-state index contributed by atoms with van der Waals surface area (Å²) in [5, 5.41) is 3.03. The fourth-order valence-electron chi connectivity index (χ4n) is 0.966. The average Bonchev–Trinajstić information content (AvgIpc) is 2.25. The first-order valence-corrected chi connectivity index (χ1v) is 4.94. The number of nitrogens with one attached hydrogen (secondary N) is 1. The zero-order chi connectivity index (χ0) is 11.3. The third-order valence-electron chi connectivity index (χ3n) is 1.94. The number of hydrogen-bond donors (Lipinski definition) is 1. The lowest BCUT2D eigenvalue weighted by molar-refractivity contribution is 0.0870. The maximum absolute atomic E-state index is 11.6. The van der Waals surface area contributed by atoms with E-state index in [2.05, 4.69) is 10.3 Å². The molecule has 1 atom stereocenters. The molecule has 0 bridgehead atoms. The molecule has 0 spiro atoms. The highest BCUT2D eigenvalue weighted by Gasteiger charge is 2.07. The molecule has 0 fully saturated rings. The summed E-state index contributed by atoms with van der Waals surface area (Å²) < 4.78 is 5.01. The van der Waals surface area contributed by atoms with Crippen LogP contribution in [0.3, 0.4) is 0 Å². The standard InChI is InChI=1S/C10H13ClN2O2/c1-7(15-2)6-13-10(14)8-3-4-12-9(11)5-8/h3-5,7H,6H2,1-2H3,(H,13,14). The van der Waals surface area contributed by atoms with Gasteiger partial charge in [-0.2, -0.15) is 0 Å². The van der Waals surface area contributed by atoms with Crippen LogP contribution in [0.5, 0.6) is 0 Å². The topological polar surface area (TPSA) is 51.2 Å². The van der Waals surface area contributed by atoms with Crippen LogP contribution in [0.2, 0.25) is 5.15 Å². The molecule has 1 N–H and O–H groups in total. The van der Waals surface area contributed by atoms with E-state index in [0.717, 1.165) is 0 Å². The lowest BCUT2D eigenvalue weighted by Gasteiger charge is -2.10. The Morgan fingerprint density at radius 2 is 2.47 bits per heavy atom. The second-order valence-corrected chi connectivity index (χ2v) is 3.51. The molecular formula is C10H13ClN2O2. The lowest BCUT2D eigenvalue weighted by atomic mass is 10.2. The van der Waals surface area contributed by atoms with Crippen molar-refractivity contribution in [1.29, 1.82) is 0 Å². The van der Waals surface area contributed by atoms with Crippen LogP contribution in [0.15, 0.2) is 18.3 Å². The van der Waals surface area contributed by atoms with Gasteiger partial charge in [0.1, 0.15) is 5.15 Å². The molecule has 0 aliphatic heterocycles. The van der Waals surface area contributed by atoms with E-state index in [9.17, 15) is 4.79 Å². The number of rotatable bonds is 4. The molecule has 1 aromatic rings. The van der Waals surface area contributed by atoms with Gasteiger partial charge in [-0.15, -0.1) is 0 Å². The summed E-state index contributed by atoms with van der Waals surface area (Å²) >= 11 is 5.66. The molecule has 4 nitrogen and oxygen atoms in total. The minimum Gasteiger partial charge on any atom is -0.380 e. The Hall–Kier alpha value is -1.13. The summed E-state index contributed by atoms with van der Waals surface area (Å²) in [6, 6.07) is 3.13. The minimum atomic E-state index is -0.178. The van der Waals surface area contributed by atoms with Crippen molar-refractivity contribution in [2.75, 3.05) is 13.7 Å². The molecule has 0 aromatic carbocycles. The first-order chi connectivity index (χ1) is 7.13. The number of nitrogens with zero attached hydrogens (tertiary/aromatic N) is 1. The van der Waals surface area contributed by atoms with Crippen molar-refractivity contribution in [1.82, 2.24) is 10.3 Å². The molecule has 1 amide bonds. The number of ether oxygens (including phenoxy) is 1. The van der Waals surface area contributed by atoms with Crippen molar-refractivity contribution >= 4 is 17.5 Å². The summed E-state index contributed by atoms with van der Waals surface area (Å²) in [4.78, 5) is 15.4. The second-order valence-electron chi connectivity index (χ2n) is 3.12. The average molecular weight is 229 g/mol. The van der Waals surface area contributed by atoms with Gasteiger partial charge in [0.15, 0.2) is 0 Å². The van der Waals surface area contributed by atoms with E-state index >= 15 is 0 Å². The summed E-state index contributed by atoms with van der Waals surface area (Å²) in [6.45, 7) is 2.34. The van der Waals surface area contributed by atoms with Gasteiger partial charge in [0, 0.05) is 25.4 Å². The van der Waals surface area contributed by atoms with Gasteiger partial charge in [0.2, 0.25) is 0 Å². The SMILES string of the molecule is COC(C)CNC(=O)c1ccnc(Cl)c1. The Morgan fingerprint density at radius 3 is 3.07 bits per heavy atom. The molecular weight excluding hydrogens is 216 g/mol. The van der Waals surface area contributed by atoms with Crippen molar-refractivity contribution in [3.63, 3.8) is 0 Å². The Bertz CT molecular complexity index is 344. The van der Waals surface area contributed by atoms with Crippen molar-refractivity contribution < 1.29 is 9.53 Å². The van der Waals surface area contributed by atoms with E-state index in [1.807, 2.05) is 6.92 Å². The minimum absolute atomic E-state index is 0.00809. The van der Waals surface area contributed by atoms with Crippen LogP contribution >= 0.6 is 11.6 Å². The van der Waals surface area contributed by atoms with E-state index < -0.39 is 0 Å². The second kappa shape index (κ2) is 5.68. The van der Waals surface area contributed by atoms with Crippen LogP contribution < -0.4 is 5.32 Å². The number of pyridine rings is 1. The number of methoxy groups -OCH3 is 1. The number of carbonyl (C=O) groups excluding carboxylic acids is 1. The van der Waals surface area contributed by atoms with Gasteiger partial charge in [-0.25, -0.2) is 4.98 Å². The largest absolute Gasteiger partial charge is 0.380 e. The Morgan fingerprint density at radius 1 is 1.73 bits per heavy atom. The number of aromatic nitrogens is 1. The van der Waals surface area contributed by atoms with Crippen LogP contribution in [-0.4, -0.2) is 30.6 Å². The zero-order valence-electron chi connectivity index (χ0n) is 8.66. The van der Waals surface area contributed by atoms with Gasteiger partial charge < -0.3 is 10.1 Å². The molecule has 0 saturated heterocycles. The van der Waals surface area contributed by atoms with E-state index in [1.165, 1.54) is 12.3 Å². The number of carbonyl (C=O) groups is 1. The monoisotopic (exact) mass is 228 g/mol. The first kappa shape index (κ1) is 11.9. The predicted molar refractivity (Wildman–Crippen MR) is 58.1 cm³/mol. The number of amides is 1. The van der Waals surface area contributed by atoms with E-state index in [-0.39, 0.29) is 12.0 Å². The van der Waals surface area contributed by atoms with Gasteiger partial charge in [-0.05, 0) is 19.1 Å². The summed E-state index contributed by atoms with van der Waals surface area (Å²) in [7, 11) is 1.60. The van der Waals surface area contributed by atoms with Crippen LogP contribution in [0.1, 0.15) is 17.3 Å². The number of hydrogen-bond acceptors (Lipinski definition) is 3. The zero-order valence-corrected chi connectivity index (χ0v) is 9.41. The molecule has 5 heteroatoms. The Kier molecular flexibility index (Phi) is 4.52. The summed E-state index contributed by atoms with van der Waals surface area (Å²) in [5.74, 6) is -0.178. The van der Waals surface area contributed by atoms with Gasteiger partial charge in [0.05, 0.1) is 6.10 Å². The third kappa shape index (κ3) is 3.85. The molecule has 0 saturated carbocycles. The fraction of sp³-hybridized carbons (Fsp3) is 0.400. The van der Waals surface area contributed by atoms with Crippen LogP contribution in [0.25, 0.3) is 0 Å². The van der Waals surface area contributed by atoms with Gasteiger partial charge in [-0.3, -0.25) is 4.79 Å². The highest BCUT2D eigenvalue weighted by molar-refractivity contribution is 6.29. The predicted octanol–water partition coefficient (Wildman–Crippen LogP) is 1.50. The van der Waals surface area contributed by atoms with Crippen molar-refractivity contribution in [3.8, 4) is 0 Å². The van der Waals surface area contributed by atoms with E-state index in [4.69, 9.17) is 16.3 Å². The van der Waals surface area contributed by atoms with Crippen LogP contribution in [0.4, 0.5) is 0 Å². The van der Waals surface area contributed by atoms with Gasteiger partial charge in [-0.1, -0.05) is 11.6 Å². The first-order valence-electron chi connectivity index (χ1n) is 4.56. The summed E-state index contributed by atoms with van der Waals surface area (Å²) in [5.41, 5.74) is 0.498. The summed E-state index contributed by atoms with van der Waals surface area (Å²) in [6.07, 6.45) is 1.49. The normalized spacial score (nSPS) is 12.2. The molecule has 0 aliphatic carbocycles. The highest BCUT2D eigenvalue weighted by atomic mass is 35.5. The van der Waals surface area contributed by atoms with Crippen LogP contribution in [-0.2, 0) is 4.74 Å². The molecule has 0 aliphatic rings. The van der Waals surface area contributed by atoms with Gasteiger partial charge in [0.25, 0.3) is 5.91 Å².